The lowest BCUT2D eigenvalue weighted by Gasteiger charge is -2.33. The standard InChI is InChI=1S/C16H13NO2/c18-16(19)15-11-10-12-6-4-5-9-14(12)17(15)13-7-2-1-3-8-13/h1-11,15H,(H,18,19). The average molecular weight is 251 g/mol. The van der Waals surface area contributed by atoms with E-state index in [0.717, 1.165) is 16.9 Å². The molecule has 3 heteroatoms. The Kier molecular flexibility index (Phi) is 2.80. The zero-order valence-electron chi connectivity index (χ0n) is 10.2. The first-order valence-corrected chi connectivity index (χ1v) is 6.12. The number of fused-ring (bicyclic) bond motifs is 1. The molecule has 19 heavy (non-hydrogen) atoms. The maximum absolute atomic E-state index is 11.5. The molecule has 0 saturated carbocycles. The van der Waals surface area contributed by atoms with E-state index in [2.05, 4.69) is 0 Å². The zero-order valence-corrected chi connectivity index (χ0v) is 10.2. The molecule has 94 valence electrons. The van der Waals surface area contributed by atoms with Crippen LogP contribution in [0.4, 0.5) is 11.4 Å². The van der Waals surface area contributed by atoms with Crippen LogP contribution in [0.3, 0.4) is 0 Å². The molecule has 0 aromatic heterocycles. The number of carboxylic acid groups (broad SMARTS) is 1. The highest BCUT2D eigenvalue weighted by Gasteiger charge is 2.28. The molecular formula is C16H13NO2. The molecular weight excluding hydrogens is 238 g/mol. The third kappa shape index (κ3) is 1.99. The summed E-state index contributed by atoms with van der Waals surface area (Å²) in [5, 5.41) is 9.40. The van der Waals surface area contributed by atoms with Crippen molar-refractivity contribution < 1.29 is 9.90 Å². The molecule has 0 saturated heterocycles. The number of hydrogen-bond acceptors (Lipinski definition) is 2. The molecule has 0 amide bonds. The van der Waals surface area contributed by atoms with Crippen LogP contribution in [0.2, 0.25) is 0 Å². The van der Waals surface area contributed by atoms with E-state index in [1.54, 1.807) is 6.08 Å². The second-order valence-electron chi connectivity index (χ2n) is 4.41. The highest BCUT2D eigenvalue weighted by Crippen LogP contribution is 2.35. The minimum atomic E-state index is -0.852. The first-order valence-electron chi connectivity index (χ1n) is 6.12. The van der Waals surface area contributed by atoms with Crippen molar-refractivity contribution in [3.8, 4) is 0 Å². The van der Waals surface area contributed by atoms with Crippen molar-refractivity contribution in [3.05, 3.63) is 66.2 Å². The Morgan fingerprint density at radius 1 is 1.00 bits per heavy atom. The summed E-state index contributed by atoms with van der Waals surface area (Å²) in [5.74, 6) is -0.852. The summed E-state index contributed by atoms with van der Waals surface area (Å²) in [6.07, 6.45) is 3.59. The van der Waals surface area contributed by atoms with E-state index in [0.29, 0.717) is 0 Å². The smallest absolute Gasteiger partial charge is 0.330 e. The number of rotatable bonds is 2. The fraction of sp³-hybridized carbons (Fsp3) is 0.0625. The number of anilines is 2. The summed E-state index contributed by atoms with van der Waals surface area (Å²) >= 11 is 0. The van der Waals surface area contributed by atoms with Gasteiger partial charge in [-0.25, -0.2) is 4.79 Å². The van der Waals surface area contributed by atoms with Gasteiger partial charge >= 0.3 is 5.97 Å². The molecule has 1 aliphatic heterocycles. The van der Waals surface area contributed by atoms with E-state index >= 15 is 0 Å². The molecule has 0 aliphatic carbocycles. The van der Waals surface area contributed by atoms with E-state index in [4.69, 9.17) is 0 Å². The van der Waals surface area contributed by atoms with Crippen molar-refractivity contribution >= 4 is 23.4 Å². The lowest BCUT2D eigenvalue weighted by molar-refractivity contribution is -0.137. The predicted molar refractivity (Wildman–Crippen MR) is 75.5 cm³/mol. The first-order chi connectivity index (χ1) is 9.27. The number of nitrogens with zero attached hydrogens (tertiary/aromatic N) is 1. The van der Waals surface area contributed by atoms with Gasteiger partial charge in [0.15, 0.2) is 6.04 Å². The second kappa shape index (κ2) is 4.61. The van der Waals surface area contributed by atoms with E-state index in [1.807, 2.05) is 65.6 Å². The quantitative estimate of drug-likeness (QED) is 0.890. The van der Waals surface area contributed by atoms with Crippen molar-refractivity contribution in [1.82, 2.24) is 0 Å². The molecule has 0 spiro atoms. The van der Waals surface area contributed by atoms with Crippen molar-refractivity contribution in [3.63, 3.8) is 0 Å². The summed E-state index contributed by atoms with van der Waals surface area (Å²) in [4.78, 5) is 13.3. The Bertz CT molecular complexity index is 634. The molecule has 0 fully saturated rings. The summed E-state index contributed by atoms with van der Waals surface area (Å²) in [5.41, 5.74) is 2.83. The van der Waals surface area contributed by atoms with Gasteiger partial charge in [0.05, 0.1) is 0 Å². The summed E-state index contributed by atoms with van der Waals surface area (Å²) in [6.45, 7) is 0. The van der Waals surface area contributed by atoms with Crippen LogP contribution in [0.25, 0.3) is 6.08 Å². The van der Waals surface area contributed by atoms with Crippen molar-refractivity contribution in [2.45, 2.75) is 6.04 Å². The van der Waals surface area contributed by atoms with E-state index in [1.165, 1.54) is 0 Å². The molecule has 0 bridgehead atoms. The minimum absolute atomic E-state index is 0.669. The zero-order chi connectivity index (χ0) is 13.2. The highest BCUT2D eigenvalue weighted by molar-refractivity contribution is 5.90. The number of para-hydroxylation sites is 2. The highest BCUT2D eigenvalue weighted by atomic mass is 16.4. The fourth-order valence-electron chi connectivity index (χ4n) is 2.36. The van der Waals surface area contributed by atoms with Crippen LogP contribution in [0.15, 0.2) is 60.7 Å². The van der Waals surface area contributed by atoms with Gasteiger partial charge in [0.2, 0.25) is 0 Å². The van der Waals surface area contributed by atoms with Crippen LogP contribution < -0.4 is 4.90 Å². The summed E-state index contributed by atoms with van der Waals surface area (Å²) in [7, 11) is 0. The van der Waals surface area contributed by atoms with Gasteiger partial charge in [-0.2, -0.15) is 0 Å². The number of benzene rings is 2. The van der Waals surface area contributed by atoms with E-state index < -0.39 is 12.0 Å². The maximum atomic E-state index is 11.5. The van der Waals surface area contributed by atoms with Gasteiger partial charge in [-0.1, -0.05) is 42.5 Å². The Balaban J connectivity index is 2.16. The van der Waals surface area contributed by atoms with Gasteiger partial charge in [-0.15, -0.1) is 0 Å². The Morgan fingerprint density at radius 2 is 1.68 bits per heavy atom. The summed E-state index contributed by atoms with van der Waals surface area (Å²) in [6, 6.07) is 16.7. The minimum Gasteiger partial charge on any atom is -0.479 e. The van der Waals surface area contributed by atoms with E-state index in [9.17, 15) is 9.90 Å². The largest absolute Gasteiger partial charge is 0.479 e. The number of carboxylic acids is 1. The third-order valence-electron chi connectivity index (χ3n) is 3.22. The molecule has 3 rings (SSSR count). The lowest BCUT2D eigenvalue weighted by atomic mass is 10.0. The van der Waals surface area contributed by atoms with Gasteiger partial charge in [-0.05, 0) is 29.8 Å². The molecule has 3 nitrogen and oxygen atoms in total. The Labute approximate surface area is 111 Å². The second-order valence-corrected chi connectivity index (χ2v) is 4.41. The van der Waals surface area contributed by atoms with Crippen molar-refractivity contribution in [2.75, 3.05) is 4.90 Å². The Morgan fingerprint density at radius 3 is 2.42 bits per heavy atom. The normalized spacial score (nSPS) is 17.1. The molecule has 1 heterocycles. The van der Waals surface area contributed by atoms with Gasteiger partial charge < -0.3 is 10.0 Å². The number of aliphatic carboxylic acids is 1. The summed E-state index contributed by atoms with van der Waals surface area (Å²) < 4.78 is 0. The van der Waals surface area contributed by atoms with Gasteiger partial charge in [0.25, 0.3) is 0 Å². The monoisotopic (exact) mass is 251 g/mol. The van der Waals surface area contributed by atoms with Crippen molar-refractivity contribution in [1.29, 1.82) is 0 Å². The van der Waals surface area contributed by atoms with Gasteiger partial charge in [-0.3, -0.25) is 0 Å². The topological polar surface area (TPSA) is 40.5 Å². The van der Waals surface area contributed by atoms with Crippen LogP contribution in [-0.4, -0.2) is 17.1 Å². The van der Waals surface area contributed by atoms with Gasteiger partial charge in [0, 0.05) is 11.4 Å². The number of carbonyl (C=O) groups is 1. The third-order valence-corrected chi connectivity index (χ3v) is 3.22. The van der Waals surface area contributed by atoms with Crippen LogP contribution in [0, 0.1) is 0 Å². The molecule has 1 atom stereocenters. The molecule has 1 aliphatic rings. The Hall–Kier alpha value is -2.55. The lowest BCUT2D eigenvalue weighted by Crippen LogP contribution is -2.38. The molecule has 2 aromatic rings. The van der Waals surface area contributed by atoms with Gasteiger partial charge in [0.1, 0.15) is 0 Å². The van der Waals surface area contributed by atoms with Crippen LogP contribution in [0.1, 0.15) is 5.56 Å². The average Bonchev–Trinajstić information content (AvgIpc) is 2.46. The number of hydrogen-bond donors (Lipinski definition) is 1. The molecule has 1 N–H and O–H groups in total. The van der Waals surface area contributed by atoms with Crippen LogP contribution in [0.5, 0.6) is 0 Å². The van der Waals surface area contributed by atoms with E-state index in [-0.39, 0.29) is 0 Å². The van der Waals surface area contributed by atoms with Crippen molar-refractivity contribution in [2.24, 2.45) is 0 Å². The first kappa shape index (κ1) is 11.5. The maximum Gasteiger partial charge on any atom is 0.330 e. The molecule has 1 unspecified atom stereocenters. The molecule has 0 radical (unpaired) electrons. The SMILES string of the molecule is O=C(O)C1C=Cc2ccccc2N1c1ccccc1. The fourth-order valence-corrected chi connectivity index (χ4v) is 2.36. The van der Waals surface area contributed by atoms with Crippen LogP contribution >= 0.6 is 0 Å². The van der Waals surface area contributed by atoms with Crippen LogP contribution in [-0.2, 0) is 4.79 Å². The predicted octanol–water partition coefficient (Wildman–Crippen LogP) is 3.30. The molecule has 2 aromatic carbocycles.